The Morgan fingerprint density at radius 3 is 2.86 bits per heavy atom. The van der Waals surface area contributed by atoms with Crippen molar-refractivity contribution in [3.63, 3.8) is 0 Å². The Balaban J connectivity index is 2.88. The standard InChI is InChI=1S/C9H7BrClN3/c1-12-8-7-5(10)3-2-4-6(7)13-9(11)14-8/h2-4H,1H3,(H,12,13,14). The van der Waals surface area contributed by atoms with Crippen LogP contribution < -0.4 is 5.32 Å². The Morgan fingerprint density at radius 1 is 1.36 bits per heavy atom. The molecule has 2 aromatic rings. The molecule has 72 valence electrons. The Labute approximate surface area is 94.6 Å². The van der Waals surface area contributed by atoms with Crippen LogP contribution >= 0.6 is 27.5 Å². The topological polar surface area (TPSA) is 37.8 Å². The molecule has 0 bridgehead atoms. The lowest BCUT2D eigenvalue weighted by Crippen LogP contribution is -1.96. The van der Waals surface area contributed by atoms with Crippen molar-refractivity contribution < 1.29 is 0 Å². The first-order valence-electron chi connectivity index (χ1n) is 4.02. The minimum atomic E-state index is 0.250. The zero-order valence-electron chi connectivity index (χ0n) is 7.38. The Bertz CT molecular complexity index is 487. The smallest absolute Gasteiger partial charge is 0.224 e. The van der Waals surface area contributed by atoms with Gasteiger partial charge in [-0.25, -0.2) is 9.97 Å². The fraction of sp³-hybridized carbons (Fsp3) is 0.111. The summed E-state index contributed by atoms with van der Waals surface area (Å²) in [5.74, 6) is 0.729. The van der Waals surface area contributed by atoms with Crippen molar-refractivity contribution in [3.05, 3.63) is 28.0 Å². The van der Waals surface area contributed by atoms with Crippen molar-refractivity contribution in [3.8, 4) is 0 Å². The van der Waals surface area contributed by atoms with E-state index in [0.29, 0.717) is 0 Å². The maximum absolute atomic E-state index is 5.78. The number of fused-ring (bicyclic) bond motifs is 1. The van der Waals surface area contributed by atoms with E-state index >= 15 is 0 Å². The summed E-state index contributed by atoms with van der Waals surface area (Å²) in [7, 11) is 1.80. The second-order valence-corrected chi connectivity index (χ2v) is 3.92. The van der Waals surface area contributed by atoms with Crippen molar-refractivity contribution >= 4 is 44.3 Å². The van der Waals surface area contributed by atoms with Crippen molar-refractivity contribution in [2.24, 2.45) is 0 Å². The fourth-order valence-corrected chi connectivity index (χ4v) is 2.01. The number of nitrogens with one attached hydrogen (secondary N) is 1. The van der Waals surface area contributed by atoms with Gasteiger partial charge in [0.25, 0.3) is 0 Å². The van der Waals surface area contributed by atoms with Crippen LogP contribution in [0.25, 0.3) is 10.9 Å². The van der Waals surface area contributed by atoms with Crippen LogP contribution in [-0.4, -0.2) is 17.0 Å². The molecule has 0 amide bonds. The van der Waals surface area contributed by atoms with E-state index < -0.39 is 0 Å². The van der Waals surface area contributed by atoms with Crippen molar-refractivity contribution in [2.45, 2.75) is 0 Å². The molecule has 14 heavy (non-hydrogen) atoms. The fourth-order valence-electron chi connectivity index (χ4n) is 1.29. The molecule has 0 radical (unpaired) electrons. The molecule has 1 N–H and O–H groups in total. The zero-order valence-corrected chi connectivity index (χ0v) is 9.72. The maximum Gasteiger partial charge on any atom is 0.224 e. The summed E-state index contributed by atoms with van der Waals surface area (Å²) in [6.45, 7) is 0. The van der Waals surface area contributed by atoms with E-state index in [2.05, 4.69) is 31.2 Å². The highest BCUT2D eigenvalue weighted by molar-refractivity contribution is 9.10. The Morgan fingerprint density at radius 2 is 2.14 bits per heavy atom. The zero-order chi connectivity index (χ0) is 10.1. The SMILES string of the molecule is CNc1nc(Cl)nc2cccc(Br)c12. The van der Waals surface area contributed by atoms with Gasteiger partial charge in [-0.1, -0.05) is 6.07 Å². The first-order valence-corrected chi connectivity index (χ1v) is 5.19. The van der Waals surface area contributed by atoms with Crippen LogP contribution in [0.2, 0.25) is 5.28 Å². The highest BCUT2D eigenvalue weighted by atomic mass is 79.9. The van der Waals surface area contributed by atoms with E-state index in [-0.39, 0.29) is 5.28 Å². The number of aromatic nitrogens is 2. The molecular formula is C9H7BrClN3. The molecule has 1 aromatic carbocycles. The first-order chi connectivity index (χ1) is 6.72. The predicted molar refractivity (Wildman–Crippen MR) is 61.8 cm³/mol. The minimum Gasteiger partial charge on any atom is -0.372 e. The highest BCUT2D eigenvalue weighted by Gasteiger charge is 2.07. The molecule has 0 spiro atoms. The lowest BCUT2D eigenvalue weighted by atomic mass is 10.2. The molecule has 0 aliphatic carbocycles. The normalized spacial score (nSPS) is 10.5. The van der Waals surface area contributed by atoms with E-state index in [1.54, 1.807) is 7.05 Å². The molecule has 3 nitrogen and oxygen atoms in total. The van der Waals surface area contributed by atoms with Gasteiger partial charge in [-0.2, -0.15) is 0 Å². The molecule has 1 aromatic heterocycles. The van der Waals surface area contributed by atoms with E-state index in [0.717, 1.165) is 21.2 Å². The molecule has 2 rings (SSSR count). The monoisotopic (exact) mass is 271 g/mol. The largest absolute Gasteiger partial charge is 0.372 e. The van der Waals surface area contributed by atoms with E-state index in [1.807, 2.05) is 18.2 Å². The molecule has 0 fully saturated rings. The summed E-state index contributed by atoms with van der Waals surface area (Å²) >= 11 is 9.23. The summed E-state index contributed by atoms with van der Waals surface area (Å²) in [6.07, 6.45) is 0. The average Bonchev–Trinajstić information content (AvgIpc) is 2.16. The number of nitrogens with zero attached hydrogens (tertiary/aromatic N) is 2. The second-order valence-electron chi connectivity index (χ2n) is 2.73. The lowest BCUT2D eigenvalue weighted by molar-refractivity contribution is 1.21. The van der Waals surface area contributed by atoms with Gasteiger partial charge >= 0.3 is 0 Å². The predicted octanol–water partition coefficient (Wildman–Crippen LogP) is 3.09. The van der Waals surface area contributed by atoms with Gasteiger partial charge in [0.15, 0.2) is 0 Å². The molecule has 0 saturated heterocycles. The molecule has 1 heterocycles. The van der Waals surface area contributed by atoms with Gasteiger partial charge < -0.3 is 5.32 Å². The number of anilines is 1. The van der Waals surface area contributed by atoms with Gasteiger partial charge in [0.1, 0.15) is 5.82 Å². The highest BCUT2D eigenvalue weighted by Crippen LogP contribution is 2.28. The third-order valence-corrected chi connectivity index (χ3v) is 2.71. The van der Waals surface area contributed by atoms with Crippen LogP contribution in [-0.2, 0) is 0 Å². The quantitative estimate of drug-likeness (QED) is 0.811. The minimum absolute atomic E-state index is 0.250. The van der Waals surface area contributed by atoms with Crippen molar-refractivity contribution in [1.82, 2.24) is 9.97 Å². The number of halogens is 2. The van der Waals surface area contributed by atoms with Crippen LogP contribution in [0.3, 0.4) is 0 Å². The molecule has 0 saturated carbocycles. The van der Waals surface area contributed by atoms with Crippen LogP contribution in [0.4, 0.5) is 5.82 Å². The number of benzene rings is 1. The number of hydrogen-bond donors (Lipinski definition) is 1. The first kappa shape index (κ1) is 9.68. The van der Waals surface area contributed by atoms with Crippen LogP contribution in [0.15, 0.2) is 22.7 Å². The van der Waals surface area contributed by atoms with Crippen LogP contribution in [0, 0.1) is 0 Å². The maximum atomic E-state index is 5.78. The van der Waals surface area contributed by atoms with Crippen molar-refractivity contribution in [2.75, 3.05) is 12.4 Å². The summed E-state index contributed by atoms with van der Waals surface area (Å²) in [4.78, 5) is 8.22. The van der Waals surface area contributed by atoms with Gasteiger partial charge in [-0.15, -0.1) is 0 Å². The third-order valence-electron chi connectivity index (χ3n) is 1.88. The summed E-state index contributed by atoms with van der Waals surface area (Å²) in [5, 5.41) is 4.18. The third kappa shape index (κ3) is 1.55. The molecular weight excluding hydrogens is 265 g/mol. The molecule has 0 unspecified atom stereocenters. The Kier molecular flexibility index (Phi) is 2.56. The molecule has 0 aliphatic rings. The Hall–Kier alpha value is -0.870. The van der Waals surface area contributed by atoms with Gasteiger partial charge in [0, 0.05) is 11.5 Å². The van der Waals surface area contributed by atoms with E-state index in [1.165, 1.54) is 0 Å². The summed E-state index contributed by atoms with van der Waals surface area (Å²) < 4.78 is 0.955. The van der Waals surface area contributed by atoms with E-state index in [4.69, 9.17) is 11.6 Å². The molecule has 5 heteroatoms. The van der Waals surface area contributed by atoms with Crippen LogP contribution in [0.1, 0.15) is 0 Å². The van der Waals surface area contributed by atoms with Gasteiger partial charge in [-0.05, 0) is 39.7 Å². The molecule has 0 aliphatic heterocycles. The second kappa shape index (κ2) is 3.71. The van der Waals surface area contributed by atoms with Crippen LogP contribution in [0.5, 0.6) is 0 Å². The average molecular weight is 273 g/mol. The summed E-state index contributed by atoms with van der Waals surface area (Å²) in [6, 6.07) is 5.75. The van der Waals surface area contributed by atoms with E-state index in [9.17, 15) is 0 Å². The van der Waals surface area contributed by atoms with Gasteiger partial charge in [0.2, 0.25) is 5.28 Å². The van der Waals surface area contributed by atoms with Crippen molar-refractivity contribution in [1.29, 1.82) is 0 Å². The van der Waals surface area contributed by atoms with Gasteiger partial charge in [-0.3, -0.25) is 0 Å². The number of rotatable bonds is 1. The lowest BCUT2D eigenvalue weighted by Gasteiger charge is -2.06. The molecule has 0 atom stereocenters. The number of hydrogen-bond acceptors (Lipinski definition) is 3. The van der Waals surface area contributed by atoms with Gasteiger partial charge in [0.05, 0.1) is 10.9 Å². The summed E-state index contributed by atoms with van der Waals surface area (Å²) in [5.41, 5.74) is 0.823.